The molecule has 0 unspecified atom stereocenters. The molecule has 0 saturated carbocycles. The van der Waals surface area contributed by atoms with E-state index in [2.05, 4.69) is 36.2 Å². The molecule has 0 saturated heterocycles. The number of para-hydroxylation sites is 1. The van der Waals surface area contributed by atoms with Crippen molar-refractivity contribution in [2.45, 2.75) is 13.5 Å². The zero-order valence-electron chi connectivity index (χ0n) is 14.3. The van der Waals surface area contributed by atoms with E-state index in [1.165, 1.54) is 12.1 Å². The molecule has 0 aliphatic carbocycles. The van der Waals surface area contributed by atoms with Crippen LogP contribution in [-0.4, -0.2) is 26.0 Å². The van der Waals surface area contributed by atoms with Crippen LogP contribution in [0.25, 0.3) is 0 Å². The normalized spacial score (nSPS) is 10.4. The second-order valence-electron chi connectivity index (χ2n) is 5.61. The number of nitrogen functional groups attached to an aromatic ring is 1. The Balaban J connectivity index is 1.74. The predicted molar refractivity (Wildman–Crippen MR) is 104 cm³/mol. The molecule has 0 amide bonds. The van der Waals surface area contributed by atoms with E-state index in [-0.39, 0.29) is 35.6 Å². The molecular formula is C18H16BrN5O3. The number of carbonyl (C=O) groups is 1. The molecule has 3 rings (SSSR count). The second-order valence-corrected chi connectivity index (χ2v) is 6.53. The Hall–Kier alpha value is -3.20. The molecule has 0 spiro atoms. The minimum absolute atomic E-state index is 0.00237. The number of aryl methyl sites for hydroxylation is 1. The number of aromatic hydroxyl groups is 1. The Morgan fingerprint density at radius 2 is 2.00 bits per heavy atom. The monoisotopic (exact) mass is 429 g/mol. The Labute approximate surface area is 163 Å². The summed E-state index contributed by atoms with van der Waals surface area (Å²) in [6, 6.07) is 12.1. The van der Waals surface area contributed by atoms with Gasteiger partial charge >= 0.3 is 5.97 Å². The molecular weight excluding hydrogens is 414 g/mol. The number of rotatable bonds is 5. The first-order valence-corrected chi connectivity index (χ1v) is 8.70. The highest BCUT2D eigenvalue weighted by molar-refractivity contribution is 9.10. The van der Waals surface area contributed by atoms with Crippen molar-refractivity contribution in [1.82, 2.24) is 15.0 Å². The summed E-state index contributed by atoms with van der Waals surface area (Å²) in [6.45, 7) is 1.72. The largest absolute Gasteiger partial charge is 0.507 e. The number of phenolic OH excluding ortho intramolecular Hbond substituents is 1. The average Bonchev–Trinajstić information content (AvgIpc) is 2.63. The maximum Gasteiger partial charge on any atom is 0.342 e. The number of hydrogen-bond donors (Lipinski definition) is 3. The Morgan fingerprint density at radius 1 is 1.22 bits per heavy atom. The van der Waals surface area contributed by atoms with Crippen molar-refractivity contribution >= 4 is 39.5 Å². The molecule has 138 valence electrons. The fourth-order valence-corrected chi connectivity index (χ4v) is 2.63. The topological polar surface area (TPSA) is 123 Å². The first kappa shape index (κ1) is 18.6. The van der Waals surface area contributed by atoms with Crippen molar-refractivity contribution in [3.63, 3.8) is 0 Å². The lowest BCUT2D eigenvalue weighted by Crippen LogP contribution is -2.11. The van der Waals surface area contributed by atoms with Crippen molar-refractivity contribution in [3.05, 3.63) is 63.9 Å². The van der Waals surface area contributed by atoms with Crippen LogP contribution in [0.4, 0.5) is 17.6 Å². The number of benzene rings is 2. The van der Waals surface area contributed by atoms with Gasteiger partial charge in [-0.25, -0.2) is 4.79 Å². The van der Waals surface area contributed by atoms with Crippen LogP contribution in [0, 0.1) is 6.92 Å². The quantitative estimate of drug-likeness (QED) is 0.527. The number of aromatic nitrogens is 3. The SMILES string of the molecule is Cc1ccccc1Nc1nc(N)nc(COC(=O)c2cc(Br)ccc2O)n1. The van der Waals surface area contributed by atoms with Crippen molar-refractivity contribution in [1.29, 1.82) is 0 Å². The molecule has 1 aromatic heterocycles. The highest BCUT2D eigenvalue weighted by Gasteiger charge is 2.15. The van der Waals surface area contributed by atoms with Gasteiger partial charge in [-0.2, -0.15) is 15.0 Å². The van der Waals surface area contributed by atoms with Gasteiger partial charge in [0, 0.05) is 10.2 Å². The van der Waals surface area contributed by atoms with Gasteiger partial charge in [0.2, 0.25) is 11.9 Å². The zero-order chi connectivity index (χ0) is 19.4. The number of anilines is 3. The van der Waals surface area contributed by atoms with Gasteiger partial charge in [-0.1, -0.05) is 34.1 Å². The summed E-state index contributed by atoms with van der Waals surface area (Å²) in [6.07, 6.45) is 0. The van der Waals surface area contributed by atoms with E-state index in [9.17, 15) is 9.90 Å². The van der Waals surface area contributed by atoms with Crippen LogP contribution in [0.2, 0.25) is 0 Å². The van der Waals surface area contributed by atoms with Crippen LogP contribution in [0.3, 0.4) is 0 Å². The summed E-state index contributed by atoms with van der Waals surface area (Å²) in [5.41, 5.74) is 7.59. The summed E-state index contributed by atoms with van der Waals surface area (Å²) < 4.78 is 5.82. The first-order chi connectivity index (χ1) is 12.9. The lowest BCUT2D eigenvalue weighted by atomic mass is 10.2. The molecule has 1 heterocycles. The molecule has 0 bridgehead atoms. The minimum Gasteiger partial charge on any atom is -0.507 e. The maximum absolute atomic E-state index is 12.2. The summed E-state index contributed by atoms with van der Waals surface area (Å²) in [5.74, 6) is -0.464. The van der Waals surface area contributed by atoms with Crippen LogP contribution in [0.15, 0.2) is 46.9 Å². The van der Waals surface area contributed by atoms with E-state index in [0.29, 0.717) is 4.47 Å². The second kappa shape index (κ2) is 8.00. The summed E-state index contributed by atoms with van der Waals surface area (Å²) in [7, 11) is 0. The summed E-state index contributed by atoms with van der Waals surface area (Å²) in [4.78, 5) is 24.4. The van der Waals surface area contributed by atoms with E-state index in [4.69, 9.17) is 10.5 Å². The Morgan fingerprint density at radius 3 is 2.78 bits per heavy atom. The van der Waals surface area contributed by atoms with Crippen LogP contribution >= 0.6 is 15.9 Å². The van der Waals surface area contributed by atoms with Gasteiger partial charge in [-0.15, -0.1) is 0 Å². The van der Waals surface area contributed by atoms with Crippen molar-refractivity contribution in [2.24, 2.45) is 0 Å². The van der Waals surface area contributed by atoms with E-state index >= 15 is 0 Å². The van der Waals surface area contributed by atoms with E-state index in [1.807, 2.05) is 31.2 Å². The number of ether oxygens (including phenoxy) is 1. The van der Waals surface area contributed by atoms with E-state index < -0.39 is 5.97 Å². The maximum atomic E-state index is 12.2. The number of hydrogen-bond acceptors (Lipinski definition) is 8. The third-order valence-electron chi connectivity index (χ3n) is 3.60. The fourth-order valence-electron chi connectivity index (χ4n) is 2.27. The Bertz CT molecular complexity index is 996. The first-order valence-electron chi connectivity index (χ1n) is 7.91. The van der Waals surface area contributed by atoms with Gasteiger partial charge in [0.1, 0.15) is 11.3 Å². The number of halogens is 1. The van der Waals surface area contributed by atoms with Gasteiger partial charge in [-0.3, -0.25) is 0 Å². The van der Waals surface area contributed by atoms with Crippen molar-refractivity contribution in [2.75, 3.05) is 11.1 Å². The molecule has 0 aliphatic rings. The number of nitrogens with two attached hydrogens (primary N) is 1. The summed E-state index contributed by atoms with van der Waals surface area (Å²) in [5, 5.41) is 12.8. The molecule has 4 N–H and O–H groups in total. The van der Waals surface area contributed by atoms with Crippen molar-refractivity contribution < 1.29 is 14.6 Å². The number of nitrogens with one attached hydrogen (secondary N) is 1. The standard InChI is InChI=1S/C18H16BrN5O3/c1-10-4-2-3-5-13(10)21-18-23-15(22-17(20)24-18)9-27-16(26)12-8-11(19)6-7-14(12)25/h2-8,25H,9H2,1H3,(H3,20,21,22,23,24). The smallest absolute Gasteiger partial charge is 0.342 e. The van der Waals surface area contributed by atoms with E-state index in [1.54, 1.807) is 6.07 Å². The third kappa shape index (κ3) is 4.70. The van der Waals surface area contributed by atoms with Crippen LogP contribution in [0.5, 0.6) is 5.75 Å². The molecule has 0 radical (unpaired) electrons. The summed E-state index contributed by atoms with van der Waals surface area (Å²) >= 11 is 3.24. The molecule has 8 nitrogen and oxygen atoms in total. The third-order valence-corrected chi connectivity index (χ3v) is 4.09. The number of esters is 1. The highest BCUT2D eigenvalue weighted by atomic mass is 79.9. The predicted octanol–water partition coefficient (Wildman–Crippen LogP) is 3.33. The van der Waals surface area contributed by atoms with Gasteiger partial charge in [-0.05, 0) is 36.8 Å². The highest BCUT2D eigenvalue weighted by Crippen LogP contribution is 2.23. The fraction of sp³-hybridized carbons (Fsp3) is 0.111. The minimum atomic E-state index is -0.707. The van der Waals surface area contributed by atoms with Gasteiger partial charge in [0.05, 0.1) is 0 Å². The molecule has 2 aromatic carbocycles. The lowest BCUT2D eigenvalue weighted by Gasteiger charge is -2.10. The van der Waals surface area contributed by atoms with E-state index in [0.717, 1.165) is 11.3 Å². The van der Waals surface area contributed by atoms with Crippen LogP contribution < -0.4 is 11.1 Å². The van der Waals surface area contributed by atoms with Crippen LogP contribution in [-0.2, 0) is 11.3 Å². The number of phenols is 1. The van der Waals surface area contributed by atoms with Gasteiger partial charge in [0.15, 0.2) is 12.4 Å². The molecule has 0 fully saturated rings. The number of nitrogens with zero attached hydrogens (tertiary/aromatic N) is 3. The van der Waals surface area contributed by atoms with Crippen molar-refractivity contribution in [3.8, 4) is 5.75 Å². The average molecular weight is 430 g/mol. The lowest BCUT2D eigenvalue weighted by molar-refractivity contribution is 0.0459. The molecule has 27 heavy (non-hydrogen) atoms. The van der Waals surface area contributed by atoms with Gasteiger partial charge in [0.25, 0.3) is 0 Å². The molecule has 3 aromatic rings. The Kier molecular flexibility index (Phi) is 5.51. The zero-order valence-corrected chi connectivity index (χ0v) is 15.9. The molecule has 9 heteroatoms. The number of carbonyl (C=O) groups excluding carboxylic acids is 1. The molecule has 0 atom stereocenters. The molecule has 0 aliphatic heterocycles. The van der Waals surface area contributed by atoms with Crippen LogP contribution in [0.1, 0.15) is 21.7 Å². The van der Waals surface area contributed by atoms with Gasteiger partial charge < -0.3 is 20.9 Å².